The first kappa shape index (κ1) is 13.0. The Bertz CT molecular complexity index is 422. The second-order valence-corrected chi connectivity index (χ2v) is 5.06. The predicted octanol–water partition coefficient (Wildman–Crippen LogP) is 4.54. The Kier molecular flexibility index (Phi) is 4.30. The van der Waals surface area contributed by atoms with Crippen LogP contribution < -0.4 is 0 Å². The van der Waals surface area contributed by atoms with Gasteiger partial charge < -0.3 is 0 Å². The van der Waals surface area contributed by atoms with E-state index in [9.17, 15) is 14.0 Å². The third-order valence-corrected chi connectivity index (χ3v) is 3.75. The molecule has 1 nitrogen and oxygen atoms in total. The Morgan fingerprint density at radius 3 is 2.06 bits per heavy atom. The SMILES string of the molecule is N#CC(c1cc(F)cc(F)c1)C1CCCCCC1. The lowest BCUT2D eigenvalue weighted by Crippen LogP contribution is -2.11. The number of hydrogen-bond donors (Lipinski definition) is 0. The van der Waals surface area contributed by atoms with Crippen molar-refractivity contribution in [2.75, 3.05) is 0 Å². The fourth-order valence-electron chi connectivity index (χ4n) is 2.85. The Morgan fingerprint density at radius 1 is 1.00 bits per heavy atom. The molecule has 0 aromatic heterocycles. The van der Waals surface area contributed by atoms with E-state index in [0.717, 1.165) is 31.7 Å². The third kappa shape index (κ3) is 3.07. The highest BCUT2D eigenvalue weighted by atomic mass is 19.1. The van der Waals surface area contributed by atoms with Gasteiger partial charge >= 0.3 is 0 Å². The topological polar surface area (TPSA) is 23.8 Å². The van der Waals surface area contributed by atoms with Gasteiger partial charge in [0.05, 0.1) is 12.0 Å². The average molecular weight is 249 g/mol. The molecule has 0 N–H and O–H groups in total. The average Bonchev–Trinajstić information content (AvgIpc) is 2.58. The Labute approximate surface area is 106 Å². The summed E-state index contributed by atoms with van der Waals surface area (Å²) in [6, 6.07) is 5.68. The molecule has 0 spiro atoms. The number of rotatable bonds is 2. The van der Waals surface area contributed by atoms with Crippen molar-refractivity contribution >= 4 is 0 Å². The molecule has 1 aromatic carbocycles. The largest absolute Gasteiger partial charge is 0.207 e. The molecule has 1 aliphatic rings. The van der Waals surface area contributed by atoms with Crippen molar-refractivity contribution in [3.05, 3.63) is 35.4 Å². The Balaban J connectivity index is 2.24. The lowest BCUT2D eigenvalue weighted by Gasteiger charge is -2.20. The van der Waals surface area contributed by atoms with E-state index in [2.05, 4.69) is 6.07 Å². The van der Waals surface area contributed by atoms with E-state index in [1.165, 1.54) is 25.0 Å². The van der Waals surface area contributed by atoms with Crippen LogP contribution in [0.15, 0.2) is 18.2 Å². The second kappa shape index (κ2) is 5.95. The summed E-state index contributed by atoms with van der Waals surface area (Å²) in [4.78, 5) is 0. The van der Waals surface area contributed by atoms with Crippen molar-refractivity contribution in [1.82, 2.24) is 0 Å². The maximum Gasteiger partial charge on any atom is 0.126 e. The molecule has 0 amide bonds. The van der Waals surface area contributed by atoms with Gasteiger partial charge in [0.1, 0.15) is 11.6 Å². The van der Waals surface area contributed by atoms with Crippen LogP contribution in [-0.4, -0.2) is 0 Å². The first-order chi connectivity index (χ1) is 8.70. The summed E-state index contributed by atoms with van der Waals surface area (Å²) in [5, 5.41) is 9.31. The minimum atomic E-state index is -0.598. The molecule has 0 heterocycles. The highest BCUT2D eigenvalue weighted by Gasteiger charge is 2.24. The number of halogens is 2. The zero-order chi connectivity index (χ0) is 13.0. The van der Waals surface area contributed by atoms with Gasteiger partial charge in [-0.2, -0.15) is 5.26 Å². The molecule has 0 radical (unpaired) electrons. The summed E-state index contributed by atoms with van der Waals surface area (Å²) in [5.41, 5.74) is 0.488. The Hall–Kier alpha value is -1.43. The zero-order valence-electron chi connectivity index (χ0n) is 10.3. The highest BCUT2D eigenvalue weighted by Crippen LogP contribution is 2.35. The lowest BCUT2D eigenvalue weighted by atomic mass is 9.82. The zero-order valence-corrected chi connectivity index (χ0v) is 10.3. The highest BCUT2D eigenvalue weighted by molar-refractivity contribution is 5.27. The van der Waals surface area contributed by atoms with Gasteiger partial charge in [0.25, 0.3) is 0 Å². The smallest absolute Gasteiger partial charge is 0.126 e. The standard InChI is InChI=1S/C15H17F2N/c16-13-7-12(8-14(17)9-13)15(10-18)11-5-3-1-2-4-6-11/h7-9,11,15H,1-6H2. The van der Waals surface area contributed by atoms with Crippen LogP contribution in [0.4, 0.5) is 8.78 Å². The summed E-state index contributed by atoms with van der Waals surface area (Å²) in [6.45, 7) is 0. The number of nitriles is 1. The second-order valence-electron chi connectivity index (χ2n) is 5.06. The van der Waals surface area contributed by atoms with Crippen molar-refractivity contribution in [3.63, 3.8) is 0 Å². The molecule has 96 valence electrons. The summed E-state index contributed by atoms with van der Waals surface area (Å²) < 4.78 is 26.4. The summed E-state index contributed by atoms with van der Waals surface area (Å²) >= 11 is 0. The Morgan fingerprint density at radius 2 is 1.56 bits per heavy atom. The molecule has 3 heteroatoms. The van der Waals surface area contributed by atoms with Gasteiger partial charge in [0, 0.05) is 6.07 Å². The molecule has 1 fully saturated rings. The molecule has 2 rings (SSSR count). The van der Waals surface area contributed by atoms with Crippen LogP contribution >= 0.6 is 0 Å². The van der Waals surface area contributed by atoms with E-state index in [0.29, 0.717) is 5.56 Å². The van der Waals surface area contributed by atoms with Crippen molar-refractivity contribution in [1.29, 1.82) is 5.26 Å². The van der Waals surface area contributed by atoms with Gasteiger partial charge in [0.15, 0.2) is 0 Å². The van der Waals surface area contributed by atoms with Crippen LogP contribution in [0.25, 0.3) is 0 Å². The van der Waals surface area contributed by atoms with Crippen LogP contribution in [0, 0.1) is 28.9 Å². The quantitative estimate of drug-likeness (QED) is 0.706. The molecule has 0 saturated heterocycles. The van der Waals surface area contributed by atoms with E-state index in [-0.39, 0.29) is 11.8 Å². The monoisotopic (exact) mass is 249 g/mol. The molecule has 0 bridgehead atoms. The van der Waals surface area contributed by atoms with Gasteiger partial charge in [-0.3, -0.25) is 0 Å². The van der Waals surface area contributed by atoms with Gasteiger partial charge in [-0.05, 0) is 36.5 Å². The van der Waals surface area contributed by atoms with E-state index >= 15 is 0 Å². The molecular weight excluding hydrogens is 232 g/mol. The van der Waals surface area contributed by atoms with Gasteiger partial charge in [0.2, 0.25) is 0 Å². The normalized spacial score (nSPS) is 18.9. The van der Waals surface area contributed by atoms with Crippen LogP contribution in [0.1, 0.15) is 50.0 Å². The van der Waals surface area contributed by atoms with Crippen molar-refractivity contribution < 1.29 is 8.78 Å². The molecular formula is C15H17F2N. The van der Waals surface area contributed by atoms with Crippen molar-refractivity contribution in [2.45, 2.75) is 44.4 Å². The predicted molar refractivity (Wildman–Crippen MR) is 65.9 cm³/mol. The van der Waals surface area contributed by atoms with E-state index in [1.807, 2.05) is 0 Å². The van der Waals surface area contributed by atoms with Crippen LogP contribution in [0.2, 0.25) is 0 Å². The number of benzene rings is 1. The van der Waals surface area contributed by atoms with E-state index < -0.39 is 11.6 Å². The minimum Gasteiger partial charge on any atom is -0.207 e. The summed E-state index contributed by atoms with van der Waals surface area (Å²) in [5.74, 6) is -1.34. The summed E-state index contributed by atoms with van der Waals surface area (Å²) in [6.07, 6.45) is 6.59. The maximum atomic E-state index is 13.2. The van der Waals surface area contributed by atoms with Crippen molar-refractivity contribution in [2.24, 2.45) is 5.92 Å². The van der Waals surface area contributed by atoms with Gasteiger partial charge in [-0.25, -0.2) is 8.78 Å². The molecule has 1 saturated carbocycles. The molecule has 1 atom stereocenters. The summed E-state index contributed by atoms with van der Waals surface area (Å²) in [7, 11) is 0. The van der Waals surface area contributed by atoms with Crippen LogP contribution in [-0.2, 0) is 0 Å². The van der Waals surface area contributed by atoms with E-state index in [4.69, 9.17) is 0 Å². The van der Waals surface area contributed by atoms with Gasteiger partial charge in [-0.1, -0.05) is 25.7 Å². The van der Waals surface area contributed by atoms with Gasteiger partial charge in [-0.15, -0.1) is 0 Å². The molecule has 18 heavy (non-hydrogen) atoms. The third-order valence-electron chi connectivity index (χ3n) is 3.75. The fourth-order valence-corrected chi connectivity index (χ4v) is 2.85. The first-order valence-electron chi connectivity index (χ1n) is 6.56. The first-order valence-corrected chi connectivity index (χ1v) is 6.56. The molecule has 1 aliphatic carbocycles. The minimum absolute atomic E-state index is 0.235. The molecule has 1 aromatic rings. The molecule has 0 aliphatic heterocycles. The van der Waals surface area contributed by atoms with Crippen LogP contribution in [0.3, 0.4) is 0 Å². The fraction of sp³-hybridized carbons (Fsp3) is 0.533. The van der Waals surface area contributed by atoms with Crippen LogP contribution in [0.5, 0.6) is 0 Å². The lowest BCUT2D eigenvalue weighted by molar-refractivity contribution is 0.422. The van der Waals surface area contributed by atoms with E-state index in [1.54, 1.807) is 0 Å². The molecule has 1 unspecified atom stereocenters. The van der Waals surface area contributed by atoms with Crippen molar-refractivity contribution in [3.8, 4) is 6.07 Å². The number of nitrogens with zero attached hydrogens (tertiary/aromatic N) is 1. The number of hydrogen-bond acceptors (Lipinski definition) is 1. The maximum absolute atomic E-state index is 13.2.